The van der Waals surface area contributed by atoms with Gasteiger partial charge in [0.05, 0.1) is 0 Å². The largest absolute Gasteiger partial charge is 0.302 e. The molecular formula is C17H29N3. The van der Waals surface area contributed by atoms with Gasteiger partial charge in [0.1, 0.15) is 0 Å². The zero-order chi connectivity index (χ0) is 14.8. The molecule has 1 saturated carbocycles. The van der Waals surface area contributed by atoms with Crippen LogP contribution in [0.3, 0.4) is 0 Å². The van der Waals surface area contributed by atoms with E-state index in [0.717, 1.165) is 6.42 Å². The van der Waals surface area contributed by atoms with Crippen LogP contribution in [0.25, 0.3) is 0 Å². The van der Waals surface area contributed by atoms with Gasteiger partial charge in [-0.25, -0.2) is 0 Å². The van der Waals surface area contributed by atoms with Crippen LogP contribution in [0.4, 0.5) is 0 Å². The second kappa shape index (κ2) is 6.25. The maximum absolute atomic E-state index is 5.93. The average Bonchev–Trinajstić information content (AvgIpc) is 2.90. The average molecular weight is 275 g/mol. The number of benzene rings is 1. The summed E-state index contributed by atoms with van der Waals surface area (Å²) in [5.74, 6) is 5.93. The Bertz CT molecular complexity index is 448. The molecule has 0 aromatic heterocycles. The van der Waals surface area contributed by atoms with Crippen LogP contribution >= 0.6 is 0 Å². The van der Waals surface area contributed by atoms with E-state index in [1.165, 1.54) is 42.4 Å². The normalized spacial score (nSPS) is 19.5. The third kappa shape index (κ3) is 2.90. The van der Waals surface area contributed by atoms with Crippen molar-refractivity contribution in [2.75, 3.05) is 14.1 Å². The van der Waals surface area contributed by atoms with Gasteiger partial charge in [0.15, 0.2) is 0 Å². The molecule has 1 atom stereocenters. The highest BCUT2D eigenvalue weighted by Gasteiger charge is 2.42. The van der Waals surface area contributed by atoms with Gasteiger partial charge in [0.2, 0.25) is 0 Å². The molecule has 0 amide bonds. The summed E-state index contributed by atoms with van der Waals surface area (Å²) < 4.78 is 0. The molecule has 1 aliphatic rings. The van der Waals surface area contributed by atoms with Crippen molar-refractivity contribution in [1.29, 1.82) is 0 Å². The van der Waals surface area contributed by atoms with Gasteiger partial charge in [0.25, 0.3) is 0 Å². The minimum atomic E-state index is 0.199. The van der Waals surface area contributed by atoms with E-state index >= 15 is 0 Å². The predicted molar refractivity (Wildman–Crippen MR) is 85.6 cm³/mol. The third-order valence-corrected chi connectivity index (χ3v) is 5.14. The smallest absolute Gasteiger partial charge is 0.0434 e. The molecule has 0 radical (unpaired) electrons. The standard InChI is InChI=1S/C17H29N3/c1-13-7-8-14(2)15(11-13)12-16(19-18)17(20(3)4)9-5-6-10-17/h7-8,11,16,19H,5-6,9-10,12,18H2,1-4H3. The van der Waals surface area contributed by atoms with Crippen molar-refractivity contribution in [2.45, 2.75) is 57.5 Å². The minimum Gasteiger partial charge on any atom is -0.302 e. The molecule has 1 aromatic rings. The molecule has 0 spiro atoms. The topological polar surface area (TPSA) is 41.3 Å². The number of aryl methyl sites for hydroxylation is 2. The summed E-state index contributed by atoms with van der Waals surface area (Å²) in [6, 6.07) is 7.01. The third-order valence-electron chi connectivity index (χ3n) is 5.14. The number of likely N-dealkylation sites (N-methyl/N-ethyl adjacent to an activating group) is 1. The van der Waals surface area contributed by atoms with Crippen LogP contribution in [0.2, 0.25) is 0 Å². The molecule has 3 nitrogen and oxygen atoms in total. The zero-order valence-corrected chi connectivity index (χ0v) is 13.4. The lowest BCUT2D eigenvalue weighted by molar-refractivity contribution is 0.104. The van der Waals surface area contributed by atoms with Gasteiger partial charge in [-0.2, -0.15) is 0 Å². The summed E-state index contributed by atoms with van der Waals surface area (Å²) >= 11 is 0. The second-order valence-electron chi connectivity index (χ2n) is 6.56. The Kier molecular flexibility index (Phi) is 4.84. The van der Waals surface area contributed by atoms with Crippen molar-refractivity contribution in [1.82, 2.24) is 10.3 Å². The quantitative estimate of drug-likeness (QED) is 0.641. The highest BCUT2D eigenvalue weighted by Crippen LogP contribution is 2.37. The van der Waals surface area contributed by atoms with Gasteiger partial charge in [-0.05, 0) is 58.3 Å². The van der Waals surface area contributed by atoms with Crippen LogP contribution in [0.15, 0.2) is 18.2 Å². The summed E-state index contributed by atoms with van der Waals surface area (Å²) in [6.07, 6.45) is 6.09. The highest BCUT2D eigenvalue weighted by atomic mass is 15.3. The van der Waals surface area contributed by atoms with Crippen molar-refractivity contribution < 1.29 is 0 Å². The van der Waals surface area contributed by atoms with Gasteiger partial charge in [-0.1, -0.05) is 36.6 Å². The Hall–Kier alpha value is -0.900. The number of nitrogens with one attached hydrogen (secondary N) is 1. The molecule has 1 fully saturated rings. The molecule has 3 heteroatoms. The van der Waals surface area contributed by atoms with Gasteiger partial charge >= 0.3 is 0 Å². The first-order valence-corrected chi connectivity index (χ1v) is 7.69. The summed E-state index contributed by atoms with van der Waals surface area (Å²) in [4.78, 5) is 2.38. The molecule has 0 saturated heterocycles. The fourth-order valence-corrected chi connectivity index (χ4v) is 3.74. The number of hydrazine groups is 1. The molecule has 0 bridgehead atoms. The lowest BCUT2D eigenvalue weighted by Crippen LogP contribution is -2.60. The number of hydrogen-bond donors (Lipinski definition) is 2. The van der Waals surface area contributed by atoms with E-state index in [0.29, 0.717) is 6.04 Å². The van der Waals surface area contributed by atoms with Gasteiger partial charge in [-0.3, -0.25) is 11.3 Å². The maximum atomic E-state index is 5.93. The first-order chi connectivity index (χ1) is 9.49. The lowest BCUT2D eigenvalue weighted by Gasteiger charge is -2.43. The second-order valence-corrected chi connectivity index (χ2v) is 6.56. The Morgan fingerprint density at radius 2 is 1.90 bits per heavy atom. The van der Waals surface area contributed by atoms with Gasteiger partial charge in [-0.15, -0.1) is 0 Å². The van der Waals surface area contributed by atoms with Crippen LogP contribution in [-0.2, 0) is 6.42 Å². The summed E-state index contributed by atoms with van der Waals surface area (Å²) in [5.41, 5.74) is 7.43. The van der Waals surface area contributed by atoms with E-state index in [4.69, 9.17) is 5.84 Å². The van der Waals surface area contributed by atoms with Crippen molar-refractivity contribution in [3.63, 3.8) is 0 Å². The van der Waals surface area contributed by atoms with E-state index in [9.17, 15) is 0 Å². The molecule has 1 aliphatic carbocycles. The molecule has 20 heavy (non-hydrogen) atoms. The molecular weight excluding hydrogens is 246 g/mol. The Labute approximate surface area is 123 Å². The lowest BCUT2D eigenvalue weighted by atomic mass is 9.82. The Morgan fingerprint density at radius 3 is 2.45 bits per heavy atom. The first-order valence-electron chi connectivity index (χ1n) is 7.69. The van der Waals surface area contributed by atoms with Crippen LogP contribution in [0, 0.1) is 13.8 Å². The monoisotopic (exact) mass is 275 g/mol. The molecule has 1 unspecified atom stereocenters. The molecule has 1 aromatic carbocycles. The summed E-state index contributed by atoms with van der Waals surface area (Å²) in [6.45, 7) is 4.35. The maximum Gasteiger partial charge on any atom is 0.0434 e. The SMILES string of the molecule is Cc1ccc(C)c(CC(NN)C2(N(C)C)CCCC2)c1. The number of rotatable bonds is 5. The first kappa shape index (κ1) is 15.5. The molecule has 3 N–H and O–H groups in total. The fourth-order valence-electron chi connectivity index (χ4n) is 3.74. The van der Waals surface area contributed by atoms with Crippen molar-refractivity contribution in [2.24, 2.45) is 5.84 Å². The van der Waals surface area contributed by atoms with Crippen LogP contribution < -0.4 is 11.3 Å². The summed E-state index contributed by atoms with van der Waals surface area (Å²) in [5, 5.41) is 0. The number of nitrogens with zero attached hydrogens (tertiary/aromatic N) is 1. The van der Waals surface area contributed by atoms with Crippen LogP contribution in [0.5, 0.6) is 0 Å². The fraction of sp³-hybridized carbons (Fsp3) is 0.647. The van der Waals surface area contributed by atoms with Crippen LogP contribution in [0.1, 0.15) is 42.4 Å². The minimum absolute atomic E-state index is 0.199. The number of nitrogens with two attached hydrogens (primary N) is 1. The molecule has 0 aliphatic heterocycles. The van der Waals surface area contributed by atoms with Gasteiger partial charge < -0.3 is 4.90 Å². The molecule has 2 rings (SSSR count). The predicted octanol–water partition coefficient (Wildman–Crippen LogP) is 2.55. The van der Waals surface area contributed by atoms with E-state index in [-0.39, 0.29) is 5.54 Å². The van der Waals surface area contributed by atoms with E-state index in [1.807, 2.05) is 0 Å². The van der Waals surface area contributed by atoms with E-state index in [2.05, 4.69) is 56.5 Å². The van der Waals surface area contributed by atoms with Crippen molar-refractivity contribution in [3.8, 4) is 0 Å². The van der Waals surface area contributed by atoms with Crippen LogP contribution in [-0.4, -0.2) is 30.6 Å². The highest BCUT2D eigenvalue weighted by molar-refractivity contribution is 5.31. The Balaban J connectivity index is 2.26. The van der Waals surface area contributed by atoms with E-state index < -0.39 is 0 Å². The summed E-state index contributed by atoms with van der Waals surface area (Å²) in [7, 11) is 4.39. The van der Waals surface area contributed by atoms with E-state index in [1.54, 1.807) is 0 Å². The van der Waals surface area contributed by atoms with Crippen molar-refractivity contribution in [3.05, 3.63) is 34.9 Å². The zero-order valence-electron chi connectivity index (χ0n) is 13.4. The molecule has 0 heterocycles. The number of hydrogen-bond acceptors (Lipinski definition) is 3. The molecule has 112 valence electrons. The Morgan fingerprint density at radius 1 is 1.25 bits per heavy atom. The van der Waals surface area contributed by atoms with Gasteiger partial charge in [0, 0.05) is 11.6 Å². The van der Waals surface area contributed by atoms with Crippen molar-refractivity contribution >= 4 is 0 Å².